The number of amides is 1. The van der Waals surface area contributed by atoms with Crippen LogP contribution in [0.15, 0.2) is 46.5 Å². The Bertz CT molecular complexity index is 1030. The number of carbonyl (C=O) groups is 1. The summed E-state index contributed by atoms with van der Waals surface area (Å²) >= 11 is 6.11. The molecule has 0 aliphatic carbocycles. The van der Waals surface area contributed by atoms with Crippen molar-refractivity contribution >= 4 is 33.4 Å². The molecule has 1 amide bonds. The van der Waals surface area contributed by atoms with Gasteiger partial charge in [0.2, 0.25) is 0 Å². The summed E-state index contributed by atoms with van der Waals surface area (Å²) in [7, 11) is -3.55. The molecule has 1 aromatic rings. The monoisotopic (exact) mass is 438 g/mol. The fourth-order valence-electron chi connectivity index (χ4n) is 3.55. The zero-order valence-electron chi connectivity index (χ0n) is 15.6. The van der Waals surface area contributed by atoms with Gasteiger partial charge in [-0.15, -0.1) is 4.40 Å². The third-order valence-corrected chi connectivity index (χ3v) is 6.66. The summed E-state index contributed by atoms with van der Waals surface area (Å²) in [6.07, 6.45) is 5.08. The highest BCUT2D eigenvalue weighted by Gasteiger charge is 2.33. The van der Waals surface area contributed by atoms with Gasteiger partial charge in [-0.2, -0.15) is 0 Å². The molecule has 0 N–H and O–H groups in total. The summed E-state index contributed by atoms with van der Waals surface area (Å²) in [5, 5.41) is 0.388. The zero-order valence-corrected chi connectivity index (χ0v) is 17.2. The van der Waals surface area contributed by atoms with E-state index in [0.717, 1.165) is 5.56 Å². The van der Waals surface area contributed by atoms with Gasteiger partial charge in [0.25, 0.3) is 15.9 Å². The first kappa shape index (κ1) is 20.1. The predicted molar refractivity (Wildman–Crippen MR) is 108 cm³/mol. The molecule has 0 unspecified atom stereocenters. The highest BCUT2D eigenvalue weighted by atomic mass is 35.5. The van der Waals surface area contributed by atoms with E-state index in [1.165, 1.54) is 12.1 Å². The number of sulfonamides is 1. The van der Waals surface area contributed by atoms with Crippen LogP contribution in [0.2, 0.25) is 5.02 Å². The van der Waals surface area contributed by atoms with E-state index < -0.39 is 10.0 Å². The lowest BCUT2D eigenvalue weighted by Gasteiger charge is -2.36. The summed E-state index contributed by atoms with van der Waals surface area (Å²) in [4.78, 5) is 18.6. The van der Waals surface area contributed by atoms with E-state index in [4.69, 9.17) is 11.6 Å². The third kappa shape index (κ3) is 4.36. The Morgan fingerprint density at radius 1 is 1.17 bits per heavy atom. The van der Waals surface area contributed by atoms with Gasteiger partial charge in [0.05, 0.1) is 11.3 Å². The smallest absolute Gasteiger partial charge is 0.257 e. The number of halogens is 2. The minimum absolute atomic E-state index is 0.0626. The molecule has 1 aromatic carbocycles. The number of fused-ring (bicyclic) bond motifs is 1. The van der Waals surface area contributed by atoms with E-state index in [9.17, 15) is 17.6 Å². The molecular formula is C19H20ClFN4O3S. The van der Waals surface area contributed by atoms with Gasteiger partial charge in [-0.05, 0) is 29.8 Å². The summed E-state index contributed by atoms with van der Waals surface area (Å²) in [5.74, 6) is -0.461. The van der Waals surface area contributed by atoms with Crippen LogP contribution in [0.25, 0.3) is 0 Å². The third-order valence-electron chi connectivity index (χ3n) is 5.16. The minimum atomic E-state index is -3.55. The van der Waals surface area contributed by atoms with E-state index in [1.807, 2.05) is 0 Å². The fraction of sp³-hybridized carbons (Fsp3) is 0.368. The molecule has 1 fully saturated rings. The van der Waals surface area contributed by atoms with Gasteiger partial charge in [0, 0.05) is 50.5 Å². The lowest BCUT2D eigenvalue weighted by atomic mass is 10.1. The van der Waals surface area contributed by atoms with Crippen molar-refractivity contribution in [1.29, 1.82) is 0 Å². The number of hydrogen-bond donors (Lipinski definition) is 0. The number of carbonyl (C=O) groups excluding carboxylic acids is 1. The van der Waals surface area contributed by atoms with E-state index in [2.05, 4.69) is 9.30 Å². The first-order valence-electron chi connectivity index (χ1n) is 9.26. The molecule has 3 aliphatic heterocycles. The van der Waals surface area contributed by atoms with Crippen LogP contribution in [0.5, 0.6) is 0 Å². The molecule has 3 aliphatic rings. The van der Waals surface area contributed by atoms with Gasteiger partial charge < -0.3 is 9.80 Å². The summed E-state index contributed by atoms with van der Waals surface area (Å²) in [5.41, 5.74) is 1.14. The maximum Gasteiger partial charge on any atom is 0.257 e. The topological polar surface area (TPSA) is 73.3 Å². The Kier molecular flexibility index (Phi) is 5.46. The number of amidine groups is 1. The van der Waals surface area contributed by atoms with E-state index >= 15 is 0 Å². The summed E-state index contributed by atoms with van der Waals surface area (Å²) < 4.78 is 40.8. The first-order valence-corrected chi connectivity index (χ1v) is 11.2. The molecule has 7 nitrogen and oxygen atoms in total. The van der Waals surface area contributed by atoms with Gasteiger partial charge in [-0.25, -0.2) is 12.8 Å². The lowest BCUT2D eigenvalue weighted by Crippen LogP contribution is -2.50. The minimum Gasteiger partial charge on any atom is -0.336 e. The van der Waals surface area contributed by atoms with Crippen molar-refractivity contribution in [2.75, 3.05) is 38.5 Å². The van der Waals surface area contributed by atoms with Crippen LogP contribution in [-0.2, 0) is 21.4 Å². The Hall–Kier alpha value is -2.23. The maximum atomic E-state index is 13.2. The number of piperazine rings is 1. The van der Waals surface area contributed by atoms with Crippen molar-refractivity contribution in [2.24, 2.45) is 4.40 Å². The standard InChI is InChI=1S/C19H20ClFN4O3S/c20-17-12-15(21)4-3-14(17)13-23-6-8-25(9-7-23)19(26)16-2-1-5-24-10-11-29(27,28)22-18(16)24/h1-5,12H,6-11,13H2. The zero-order chi connectivity index (χ0) is 20.6. The maximum absolute atomic E-state index is 13.2. The highest BCUT2D eigenvalue weighted by Crippen LogP contribution is 2.22. The average Bonchev–Trinajstić information content (AvgIpc) is 2.69. The quantitative estimate of drug-likeness (QED) is 0.717. The molecule has 0 spiro atoms. The van der Waals surface area contributed by atoms with Crippen LogP contribution in [0.3, 0.4) is 0 Å². The van der Waals surface area contributed by atoms with Crippen LogP contribution >= 0.6 is 11.6 Å². The van der Waals surface area contributed by atoms with Crippen molar-refractivity contribution in [3.8, 4) is 0 Å². The predicted octanol–water partition coefficient (Wildman–Crippen LogP) is 1.62. The molecular weight excluding hydrogens is 419 g/mol. The van der Waals surface area contributed by atoms with E-state index in [-0.39, 0.29) is 29.9 Å². The molecule has 1 saturated heterocycles. The molecule has 4 rings (SSSR count). The van der Waals surface area contributed by atoms with Crippen LogP contribution in [0.1, 0.15) is 5.56 Å². The SMILES string of the molecule is O=C(C1=CC=CN2CCS(=O)(=O)N=C12)N1CCN(Cc2ccc(F)cc2Cl)CC1. The number of benzene rings is 1. The first-order chi connectivity index (χ1) is 13.8. The van der Waals surface area contributed by atoms with E-state index in [0.29, 0.717) is 43.3 Å². The van der Waals surface area contributed by atoms with Crippen molar-refractivity contribution in [3.05, 3.63) is 58.5 Å². The molecule has 10 heteroatoms. The van der Waals surface area contributed by atoms with Gasteiger partial charge in [-0.1, -0.05) is 17.7 Å². The molecule has 0 aromatic heterocycles. The second kappa shape index (κ2) is 7.89. The van der Waals surface area contributed by atoms with E-state index in [1.54, 1.807) is 34.2 Å². The van der Waals surface area contributed by atoms with Gasteiger partial charge >= 0.3 is 0 Å². The summed E-state index contributed by atoms with van der Waals surface area (Å²) in [6.45, 7) is 3.13. The lowest BCUT2D eigenvalue weighted by molar-refractivity contribution is -0.128. The molecule has 3 heterocycles. The Morgan fingerprint density at radius 3 is 2.66 bits per heavy atom. The second-order valence-electron chi connectivity index (χ2n) is 7.12. The normalized spacial score (nSPS) is 21.4. The average molecular weight is 439 g/mol. The fourth-order valence-corrected chi connectivity index (χ4v) is 4.77. The largest absolute Gasteiger partial charge is 0.336 e. The molecule has 29 heavy (non-hydrogen) atoms. The highest BCUT2D eigenvalue weighted by molar-refractivity contribution is 7.90. The van der Waals surface area contributed by atoms with Crippen molar-refractivity contribution in [2.45, 2.75) is 6.54 Å². The van der Waals surface area contributed by atoms with Crippen LogP contribution in [-0.4, -0.2) is 73.3 Å². The van der Waals surface area contributed by atoms with Gasteiger partial charge in [0.15, 0.2) is 5.84 Å². The van der Waals surface area contributed by atoms with Gasteiger partial charge in [-0.3, -0.25) is 9.69 Å². The van der Waals surface area contributed by atoms with Crippen molar-refractivity contribution in [3.63, 3.8) is 0 Å². The van der Waals surface area contributed by atoms with Crippen molar-refractivity contribution in [1.82, 2.24) is 14.7 Å². The molecule has 0 atom stereocenters. The number of rotatable bonds is 3. The second-order valence-corrected chi connectivity index (χ2v) is 9.28. The van der Waals surface area contributed by atoms with Crippen molar-refractivity contribution < 1.29 is 17.6 Å². The van der Waals surface area contributed by atoms with Gasteiger partial charge in [0.1, 0.15) is 5.82 Å². The Balaban J connectivity index is 1.42. The Labute approximate surface area is 173 Å². The molecule has 0 radical (unpaired) electrons. The van der Waals surface area contributed by atoms with Crippen LogP contribution < -0.4 is 0 Å². The van der Waals surface area contributed by atoms with Crippen LogP contribution in [0, 0.1) is 5.82 Å². The molecule has 0 bridgehead atoms. The molecule has 154 valence electrons. The summed E-state index contributed by atoms with van der Waals surface area (Å²) in [6, 6.07) is 4.35. The van der Waals surface area contributed by atoms with Crippen LogP contribution in [0.4, 0.5) is 4.39 Å². The molecule has 0 saturated carbocycles. The number of nitrogens with zero attached hydrogens (tertiary/aromatic N) is 4. The number of hydrogen-bond acceptors (Lipinski definition) is 5. The number of allylic oxidation sites excluding steroid dienone is 2. The Morgan fingerprint density at radius 2 is 1.93 bits per heavy atom.